The van der Waals surface area contributed by atoms with E-state index in [9.17, 15) is 4.79 Å². The van der Waals surface area contributed by atoms with Crippen LogP contribution < -0.4 is 9.47 Å². The third-order valence-corrected chi connectivity index (χ3v) is 4.41. The molecule has 0 N–H and O–H groups in total. The second-order valence-electron chi connectivity index (χ2n) is 5.19. The van der Waals surface area contributed by atoms with E-state index in [0.717, 1.165) is 10.6 Å². The van der Waals surface area contributed by atoms with Crippen molar-refractivity contribution in [1.82, 2.24) is 14.8 Å². The van der Waals surface area contributed by atoms with E-state index in [1.165, 1.54) is 17.5 Å². The summed E-state index contributed by atoms with van der Waals surface area (Å²) >= 11 is 1.47. The number of nitrogens with zero attached hydrogens (tertiary/aromatic N) is 3. The van der Waals surface area contributed by atoms with Crippen molar-refractivity contribution < 1.29 is 19.0 Å². The fraction of sp³-hybridized carbons (Fsp3) is 0.235. The van der Waals surface area contributed by atoms with Crippen molar-refractivity contribution in [3.05, 3.63) is 47.2 Å². The maximum Gasteiger partial charge on any atom is 0.341 e. The van der Waals surface area contributed by atoms with Gasteiger partial charge in [-0.15, -0.1) is 11.3 Å². The summed E-state index contributed by atoms with van der Waals surface area (Å²) in [6, 6.07) is 5.60. The minimum atomic E-state index is -0.422. The minimum absolute atomic E-state index is 0.109. The SMILES string of the molecule is COc1ccc(-c2nc(COC(=O)c3cnn(C)c3)cs2)cc1OC. The zero-order valence-corrected chi connectivity index (χ0v) is 14.9. The number of carbonyl (C=O) groups excluding carboxylic acids is 1. The van der Waals surface area contributed by atoms with Crippen molar-refractivity contribution in [2.45, 2.75) is 6.61 Å². The molecule has 0 aliphatic carbocycles. The van der Waals surface area contributed by atoms with E-state index in [-0.39, 0.29) is 6.61 Å². The van der Waals surface area contributed by atoms with Crippen molar-refractivity contribution in [1.29, 1.82) is 0 Å². The summed E-state index contributed by atoms with van der Waals surface area (Å²) in [5, 5.41) is 6.62. The van der Waals surface area contributed by atoms with Gasteiger partial charge in [-0.2, -0.15) is 5.10 Å². The van der Waals surface area contributed by atoms with E-state index in [2.05, 4.69) is 10.1 Å². The quantitative estimate of drug-likeness (QED) is 0.630. The van der Waals surface area contributed by atoms with Gasteiger partial charge in [-0.3, -0.25) is 4.68 Å². The van der Waals surface area contributed by atoms with Crippen LogP contribution in [0.25, 0.3) is 10.6 Å². The average Bonchev–Trinajstić information content (AvgIpc) is 3.28. The van der Waals surface area contributed by atoms with Gasteiger partial charge < -0.3 is 14.2 Å². The molecular formula is C17H17N3O4S. The molecule has 25 heavy (non-hydrogen) atoms. The molecule has 0 aliphatic heterocycles. The number of hydrogen-bond donors (Lipinski definition) is 0. The molecule has 2 heterocycles. The number of benzene rings is 1. The molecule has 2 aromatic heterocycles. The number of carbonyl (C=O) groups is 1. The van der Waals surface area contributed by atoms with Crippen LogP contribution >= 0.6 is 11.3 Å². The number of thiazole rings is 1. The van der Waals surface area contributed by atoms with Crippen LogP contribution in [0.3, 0.4) is 0 Å². The summed E-state index contributed by atoms with van der Waals surface area (Å²) in [5.41, 5.74) is 2.01. The summed E-state index contributed by atoms with van der Waals surface area (Å²) in [7, 11) is 4.93. The highest BCUT2D eigenvalue weighted by Gasteiger charge is 2.13. The maximum atomic E-state index is 11.9. The average molecular weight is 359 g/mol. The van der Waals surface area contributed by atoms with Gasteiger partial charge in [-0.1, -0.05) is 0 Å². The largest absolute Gasteiger partial charge is 0.493 e. The summed E-state index contributed by atoms with van der Waals surface area (Å²) < 4.78 is 17.4. The molecule has 0 saturated carbocycles. The Labute approximate surface area is 148 Å². The molecule has 3 aromatic rings. The summed E-state index contributed by atoms with van der Waals surface area (Å²) in [6.07, 6.45) is 3.08. The minimum Gasteiger partial charge on any atom is -0.493 e. The van der Waals surface area contributed by atoms with E-state index in [1.54, 1.807) is 32.1 Å². The molecule has 0 bridgehead atoms. The number of hydrogen-bond acceptors (Lipinski definition) is 7. The molecule has 0 fully saturated rings. The normalized spacial score (nSPS) is 10.5. The predicted octanol–water partition coefficient (Wildman–Crippen LogP) is 2.92. The van der Waals surface area contributed by atoms with Gasteiger partial charge in [0.1, 0.15) is 11.6 Å². The first kappa shape index (κ1) is 17.0. The van der Waals surface area contributed by atoms with E-state index >= 15 is 0 Å². The van der Waals surface area contributed by atoms with Crippen molar-refractivity contribution in [3.63, 3.8) is 0 Å². The van der Waals surface area contributed by atoms with Gasteiger partial charge >= 0.3 is 5.97 Å². The summed E-state index contributed by atoms with van der Waals surface area (Å²) in [5.74, 6) is 0.877. The van der Waals surface area contributed by atoms with Crippen LogP contribution in [0.4, 0.5) is 0 Å². The lowest BCUT2D eigenvalue weighted by Gasteiger charge is -2.08. The van der Waals surface area contributed by atoms with Crippen LogP contribution in [0.1, 0.15) is 16.1 Å². The van der Waals surface area contributed by atoms with Gasteiger partial charge in [0.15, 0.2) is 11.5 Å². The van der Waals surface area contributed by atoms with E-state index < -0.39 is 5.97 Å². The fourth-order valence-corrected chi connectivity index (χ4v) is 3.03. The van der Waals surface area contributed by atoms with Crippen LogP contribution in [0.2, 0.25) is 0 Å². The number of rotatable bonds is 6. The maximum absolute atomic E-state index is 11.9. The molecule has 0 atom stereocenters. The molecule has 8 heteroatoms. The molecule has 0 spiro atoms. The van der Waals surface area contributed by atoms with Gasteiger partial charge in [0.05, 0.1) is 31.7 Å². The molecule has 1 aromatic carbocycles. The third-order valence-electron chi connectivity index (χ3n) is 3.47. The lowest BCUT2D eigenvalue weighted by atomic mass is 10.2. The number of esters is 1. The molecule has 130 valence electrons. The van der Waals surface area contributed by atoms with Gasteiger partial charge in [0.25, 0.3) is 0 Å². The first-order valence-electron chi connectivity index (χ1n) is 7.43. The Morgan fingerprint density at radius 1 is 1.24 bits per heavy atom. The number of aryl methyl sites for hydroxylation is 1. The molecule has 0 aliphatic rings. The predicted molar refractivity (Wildman–Crippen MR) is 93.0 cm³/mol. The highest BCUT2D eigenvalue weighted by Crippen LogP contribution is 2.33. The molecular weight excluding hydrogens is 342 g/mol. The number of aromatic nitrogens is 3. The molecule has 0 saturated heterocycles. The van der Waals surface area contributed by atoms with Crippen molar-refractivity contribution >= 4 is 17.3 Å². The Morgan fingerprint density at radius 3 is 2.72 bits per heavy atom. The fourth-order valence-electron chi connectivity index (χ4n) is 2.22. The second kappa shape index (κ2) is 7.35. The van der Waals surface area contributed by atoms with Crippen LogP contribution in [0.15, 0.2) is 36.0 Å². The van der Waals surface area contributed by atoms with Crippen molar-refractivity contribution in [2.75, 3.05) is 14.2 Å². The Balaban J connectivity index is 1.69. The Hall–Kier alpha value is -2.87. The smallest absolute Gasteiger partial charge is 0.341 e. The van der Waals surface area contributed by atoms with Crippen LogP contribution in [-0.4, -0.2) is 35.0 Å². The van der Waals surface area contributed by atoms with E-state index in [4.69, 9.17) is 14.2 Å². The number of ether oxygens (including phenoxy) is 3. The van der Waals surface area contributed by atoms with Crippen molar-refractivity contribution in [2.24, 2.45) is 7.05 Å². The standard InChI is InChI=1S/C17H17N3O4S/c1-20-8-12(7-18-20)17(21)24-9-13-10-25-16(19-13)11-4-5-14(22-2)15(6-11)23-3/h4-8,10H,9H2,1-3H3. The van der Waals surface area contributed by atoms with Crippen LogP contribution in [-0.2, 0) is 18.4 Å². The lowest BCUT2D eigenvalue weighted by molar-refractivity contribution is 0.0468. The molecule has 0 radical (unpaired) electrons. The van der Waals surface area contributed by atoms with Gasteiger partial charge in [0, 0.05) is 24.2 Å². The van der Waals surface area contributed by atoms with E-state index in [1.807, 2.05) is 23.6 Å². The second-order valence-corrected chi connectivity index (χ2v) is 6.05. The van der Waals surface area contributed by atoms with Crippen LogP contribution in [0, 0.1) is 0 Å². The lowest BCUT2D eigenvalue weighted by Crippen LogP contribution is -2.04. The monoisotopic (exact) mass is 359 g/mol. The molecule has 0 amide bonds. The highest BCUT2D eigenvalue weighted by molar-refractivity contribution is 7.13. The zero-order chi connectivity index (χ0) is 17.8. The first-order chi connectivity index (χ1) is 12.1. The van der Waals surface area contributed by atoms with Gasteiger partial charge in [0.2, 0.25) is 0 Å². The van der Waals surface area contributed by atoms with Crippen molar-refractivity contribution in [3.8, 4) is 22.1 Å². The third kappa shape index (κ3) is 3.80. The zero-order valence-electron chi connectivity index (χ0n) is 14.1. The number of methoxy groups -OCH3 is 2. The Kier molecular flexibility index (Phi) is 4.99. The topological polar surface area (TPSA) is 75.5 Å². The van der Waals surface area contributed by atoms with Gasteiger partial charge in [-0.05, 0) is 18.2 Å². The molecule has 7 nitrogen and oxygen atoms in total. The summed E-state index contributed by atoms with van der Waals surface area (Å²) in [4.78, 5) is 16.4. The van der Waals surface area contributed by atoms with E-state index in [0.29, 0.717) is 22.8 Å². The summed E-state index contributed by atoms with van der Waals surface area (Å²) in [6.45, 7) is 0.109. The molecule has 0 unspecified atom stereocenters. The molecule has 3 rings (SSSR count). The van der Waals surface area contributed by atoms with Gasteiger partial charge in [-0.25, -0.2) is 9.78 Å². The highest BCUT2D eigenvalue weighted by atomic mass is 32.1. The first-order valence-corrected chi connectivity index (χ1v) is 8.31. The Morgan fingerprint density at radius 2 is 2.04 bits per heavy atom. The van der Waals surface area contributed by atoms with Crippen LogP contribution in [0.5, 0.6) is 11.5 Å². The Bertz CT molecular complexity index is 888.